The molecule has 2 heterocycles. The molecule has 0 aromatic carbocycles. The molecule has 0 amide bonds. The van der Waals surface area contributed by atoms with Crippen LogP contribution in [-0.2, 0) is 0 Å². The number of terminal acetylenes is 1. The Labute approximate surface area is 99.8 Å². The molecule has 16 heavy (non-hydrogen) atoms. The van der Waals surface area contributed by atoms with Gasteiger partial charge in [0.25, 0.3) is 0 Å². The van der Waals surface area contributed by atoms with Crippen molar-refractivity contribution in [2.45, 2.75) is 63.1 Å². The van der Waals surface area contributed by atoms with Crippen LogP contribution in [0.15, 0.2) is 0 Å². The van der Waals surface area contributed by atoms with Crippen LogP contribution in [0.5, 0.6) is 0 Å². The molecule has 2 heteroatoms. The summed E-state index contributed by atoms with van der Waals surface area (Å²) in [5.74, 6) is 2.70. The number of nitrogens with one attached hydrogen (secondary N) is 1. The summed E-state index contributed by atoms with van der Waals surface area (Å²) in [6, 6.07) is 2.46. The number of hydrogen-bond donors (Lipinski definition) is 1. The van der Waals surface area contributed by atoms with Crippen LogP contribution in [0, 0.1) is 12.3 Å². The van der Waals surface area contributed by atoms with Gasteiger partial charge in [0.1, 0.15) is 0 Å². The largest absolute Gasteiger partial charge is 0.314 e. The Balaban J connectivity index is 1.63. The Hall–Kier alpha value is -0.520. The fraction of sp³-hybridized carbons (Fsp3) is 0.857. The van der Waals surface area contributed by atoms with E-state index in [0.717, 1.165) is 31.1 Å². The predicted molar refractivity (Wildman–Crippen MR) is 68.3 cm³/mol. The molecule has 2 aliphatic rings. The monoisotopic (exact) mass is 220 g/mol. The Morgan fingerprint density at radius 3 is 2.56 bits per heavy atom. The molecule has 2 nitrogen and oxygen atoms in total. The summed E-state index contributed by atoms with van der Waals surface area (Å²) in [5.41, 5.74) is 0. The van der Waals surface area contributed by atoms with E-state index in [4.69, 9.17) is 6.42 Å². The molecule has 90 valence electrons. The van der Waals surface area contributed by atoms with Crippen molar-refractivity contribution in [2.75, 3.05) is 13.6 Å². The Morgan fingerprint density at radius 1 is 1.25 bits per heavy atom. The molecule has 1 N–H and O–H groups in total. The number of rotatable bonds is 5. The molecule has 2 unspecified atom stereocenters. The smallest absolute Gasteiger partial charge is 0.0111 e. The average Bonchev–Trinajstić information content (AvgIpc) is 2.54. The lowest BCUT2D eigenvalue weighted by atomic mass is 9.98. The molecule has 2 rings (SSSR count). The number of hydrogen-bond acceptors (Lipinski definition) is 2. The molecular weight excluding hydrogens is 196 g/mol. The quantitative estimate of drug-likeness (QED) is 0.563. The summed E-state index contributed by atoms with van der Waals surface area (Å²) in [7, 11) is 2.30. The van der Waals surface area contributed by atoms with Crippen molar-refractivity contribution in [1.29, 1.82) is 0 Å². The minimum Gasteiger partial charge on any atom is -0.314 e. The van der Waals surface area contributed by atoms with Gasteiger partial charge in [-0.15, -0.1) is 12.3 Å². The topological polar surface area (TPSA) is 15.3 Å². The number of fused-ring (bicyclic) bond motifs is 2. The van der Waals surface area contributed by atoms with Gasteiger partial charge in [-0.1, -0.05) is 0 Å². The molecular formula is C14H24N2. The van der Waals surface area contributed by atoms with Crippen LogP contribution >= 0.6 is 0 Å². The molecule has 2 bridgehead atoms. The predicted octanol–water partition coefficient (Wildman–Crippen LogP) is 2.00. The summed E-state index contributed by atoms with van der Waals surface area (Å²) < 4.78 is 0. The maximum absolute atomic E-state index is 5.24. The van der Waals surface area contributed by atoms with Crippen molar-refractivity contribution in [3.63, 3.8) is 0 Å². The van der Waals surface area contributed by atoms with Crippen LogP contribution in [0.3, 0.4) is 0 Å². The van der Waals surface area contributed by atoms with Crippen LogP contribution in [-0.4, -0.2) is 36.6 Å². The van der Waals surface area contributed by atoms with Crippen molar-refractivity contribution >= 4 is 0 Å². The Bertz CT molecular complexity index is 242. The van der Waals surface area contributed by atoms with E-state index in [9.17, 15) is 0 Å². The molecule has 2 atom stereocenters. The lowest BCUT2D eigenvalue weighted by Crippen LogP contribution is -2.47. The van der Waals surface area contributed by atoms with E-state index in [-0.39, 0.29) is 0 Å². The molecule has 2 aliphatic heterocycles. The molecule has 0 radical (unpaired) electrons. The van der Waals surface area contributed by atoms with Crippen LogP contribution in [0.1, 0.15) is 44.9 Å². The van der Waals surface area contributed by atoms with Gasteiger partial charge in [0.05, 0.1) is 0 Å². The first-order chi connectivity index (χ1) is 7.81. The summed E-state index contributed by atoms with van der Waals surface area (Å²) in [6.07, 6.45) is 14.1. The van der Waals surface area contributed by atoms with E-state index in [2.05, 4.69) is 23.2 Å². The lowest BCUT2D eigenvalue weighted by molar-refractivity contribution is 0.149. The van der Waals surface area contributed by atoms with Gasteiger partial charge in [0.2, 0.25) is 0 Å². The highest BCUT2D eigenvalue weighted by atomic mass is 15.2. The highest BCUT2D eigenvalue weighted by molar-refractivity contribution is 4.95. The standard InChI is InChI=1S/C14H24N2/c1-3-4-5-6-9-15-12-10-13-7-8-14(11-12)16(13)2/h1,12-15H,4-11H2,2H3. The highest BCUT2D eigenvalue weighted by Crippen LogP contribution is 2.34. The number of nitrogens with zero attached hydrogens (tertiary/aromatic N) is 1. The van der Waals surface area contributed by atoms with Gasteiger partial charge in [-0.05, 0) is 52.1 Å². The zero-order chi connectivity index (χ0) is 11.4. The average molecular weight is 220 g/mol. The van der Waals surface area contributed by atoms with Crippen molar-refractivity contribution in [2.24, 2.45) is 0 Å². The number of piperidine rings is 1. The highest BCUT2D eigenvalue weighted by Gasteiger charge is 2.37. The molecule has 0 spiro atoms. The van der Waals surface area contributed by atoms with Crippen molar-refractivity contribution < 1.29 is 0 Å². The maximum atomic E-state index is 5.24. The third kappa shape index (κ3) is 2.78. The first-order valence-electron chi connectivity index (χ1n) is 6.70. The van der Waals surface area contributed by atoms with Crippen molar-refractivity contribution in [3.8, 4) is 12.3 Å². The molecule has 0 aromatic heterocycles. The first kappa shape index (κ1) is 12.0. The fourth-order valence-corrected chi connectivity index (χ4v) is 3.24. The van der Waals surface area contributed by atoms with Crippen molar-refractivity contribution in [1.82, 2.24) is 10.2 Å². The van der Waals surface area contributed by atoms with E-state index < -0.39 is 0 Å². The second-order valence-electron chi connectivity index (χ2n) is 5.33. The Morgan fingerprint density at radius 2 is 1.94 bits per heavy atom. The van der Waals surface area contributed by atoms with E-state index in [1.807, 2.05) is 0 Å². The van der Waals surface area contributed by atoms with E-state index in [0.29, 0.717) is 0 Å². The summed E-state index contributed by atoms with van der Waals surface area (Å²) in [5, 5.41) is 3.71. The van der Waals surface area contributed by atoms with E-state index >= 15 is 0 Å². The second-order valence-corrected chi connectivity index (χ2v) is 5.33. The van der Waals surface area contributed by atoms with Crippen molar-refractivity contribution in [3.05, 3.63) is 0 Å². The third-order valence-corrected chi connectivity index (χ3v) is 4.28. The SMILES string of the molecule is C#CCCCCNC1CC2CCC(C1)N2C. The molecule has 0 saturated carbocycles. The minimum absolute atomic E-state index is 0.763. The molecule has 2 saturated heterocycles. The normalized spacial score (nSPS) is 33.9. The van der Waals surface area contributed by atoms with Gasteiger partial charge in [-0.25, -0.2) is 0 Å². The molecule has 0 aromatic rings. The van der Waals surface area contributed by atoms with Crippen LogP contribution in [0.25, 0.3) is 0 Å². The van der Waals surface area contributed by atoms with Gasteiger partial charge in [-0.3, -0.25) is 0 Å². The summed E-state index contributed by atoms with van der Waals surface area (Å²) in [6.45, 7) is 1.15. The number of unbranched alkanes of at least 4 members (excludes halogenated alkanes) is 2. The van der Waals surface area contributed by atoms with E-state index in [1.54, 1.807) is 0 Å². The van der Waals surface area contributed by atoms with Crippen LogP contribution in [0.2, 0.25) is 0 Å². The van der Waals surface area contributed by atoms with Gasteiger partial charge in [-0.2, -0.15) is 0 Å². The van der Waals surface area contributed by atoms with Crippen LogP contribution < -0.4 is 5.32 Å². The Kier molecular flexibility index (Phi) is 4.26. The molecule has 2 fully saturated rings. The first-order valence-corrected chi connectivity index (χ1v) is 6.70. The molecule has 0 aliphatic carbocycles. The zero-order valence-corrected chi connectivity index (χ0v) is 10.4. The van der Waals surface area contributed by atoms with Gasteiger partial charge in [0.15, 0.2) is 0 Å². The maximum Gasteiger partial charge on any atom is 0.0111 e. The second kappa shape index (κ2) is 5.70. The van der Waals surface area contributed by atoms with Gasteiger partial charge in [0, 0.05) is 24.5 Å². The zero-order valence-electron chi connectivity index (χ0n) is 10.4. The summed E-state index contributed by atoms with van der Waals surface area (Å²) in [4.78, 5) is 2.59. The third-order valence-electron chi connectivity index (χ3n) is 4.28. The summed E-state index contributed by atoms with van der Waals surface area (Å²) >= 11 is 0. The minimum atomic E-state index is 0.763. The van der Waals surface area contributed by atoms with Gasteiger partial charge >= 0.3 is 0 Å². The van der Waals surface area contributed by atoms with E-state index in [1.165, 1.54) is 38.5 Å². The van der Waals surface area contributed by atoms with Crippen LogP contribution in [0.4, 0.5) is 0 Å². The van der Waals surface area contributed by atoms with Gasteiger partial charge < -0.3 is 10.2 Å². The fourth-order valence-electron chi connectivity index (χ4n) is 3.24. The lowest BCUT2D eigenvalue weighted by Gasteiger charge is -2.36.